The molecule has 0 radical (unpaired) electrons. The summed E-state index contributed by atoms with van der Waals surface area (Å²) in [5.41, 5.74) is -0.228. The normalized spacial score (nSPS) is 13.8. The first kappa shape index (κ1) is 18.5. The number of non-ortho nitro benzene ring substituents is 1. The Morgan fingerprint density at radius 1 is 1.39 bits per heavy atom. The van der Waals surface area contributed by atoms with E-state index < -0.39 is 26.7 Å². The maximum absolute atomic E-state index is 12.6. The van der Waals surface area contributed by atoms with E-state index in [1.54, 1.807) is 13.8 Å². The van der Waals surface area contributed by atoms with Gasteiger partial charge in [-0.15, -0.1) is 0 Å². The van der Waals surface area contributed by atoms with Crippen molar-refractivity contribution >= 4 is 15.7 Å². The number of benzene rings is 1. The summed E-state index contributed by atoms with van der Waals surface area (Å²) < 4.78 is 26.1. The summed E-state index contributed by atoms with van der Waals surface area (Å²) in [6.07, 6.45) is 0.756. The number of nitro groups is 1. The van der Waals surface area contributed by atoms with Crippen LogP contribution in [0, 0.1) is 21.4 Å². The molecule has 0 saturated heterocycles. The summed E-state index contributed by atoms with van der Waals surface area (Å²) in [4.78, 5) is 12.5. The molecule has 0 unspecified atom stereocenters. The average Bonchev–Trinajstić information content (AvgIpc) is 2.47. The summed E-state index contributed by atoms with van der Waals surface area (Å²) in [5, 5.41) is 29.0. The van der Waals surface area contributed by atoms with Crippen LogP contribution < -0.4 is 0 Å². The van der Waals surface area contributed by atoms with Gasteiger partial charge in [0.1, 0.15) is 0 Å². The van der Waals surface area contributed by atoms with E-state index in [-0.39, 0.29) is 16.5 Å². The number of rotatable bonds is 6. The highest BCUT2D eigenvalue weighted by atomic mass is 32.2. The van der Waals surface area contributed by atoms with E-state index in [4.69, 9.17) is 5.39 Å². The molecule has 0 aliphatic heterocycles. The van der Waals surface area contributed by atoms with Gasteiger partial charge in [-0.1, -0.05) is 13.8 Å². The van der Waals surface area contributed by atoms with E-state index in [1.807, 2.05) is 0 Å². The SMILES string of the molecule is CC(C)[C@@H](/C(O)=C/[N+]#N)N(C)S(=O)(=O)c1ccc([N+](=O)[O-])cc1. The fraction of sp³-hybridized carbons (Fsp3) is 0.385. The second-order valence-corrected chi connectivity index (χ2v) is 7.13. The minimum absolute atomic E-state index is 0.148. The highest BCUT2D eigenvalue weighted by Gasteiger charge is 2.34. The number of diazo groups is 1. The van der Waals surface area contributed by atoms with Gasteiger partial charge in [0.25, 0.3) is 5.69 Å². The van der Waals surface area contributed by atoms with E-state index in [0.717, 1.165) is 34.8 Å². The van der Waals surface area contributed by atoms with E-state index in [0.29, 0.717) is 0 Å². The Kier molecular flexibility index (Phi) is 5.78. The van der Waals surface area contributed by atoms with E-state index in [2.05, 4.69) is 4.98 Å². The Morgan fingerprint density at radius 3 is 2.30 bits per heavy atom. The van der Waals surface area contributed by atoms with Gasteiger partial charge in [-0.3, -0.25) is 10.1 Å². The summed E-state index contributed by atoms with van der Waals surface area (Å²) in [5.74, 6) is -0.735. The Morgan fingerprint density at radius 2 is 1.91 bits per heavy atom. The molecule has 0 aromatic heterocycles. The molecule has 0 spiro atoms. The third-order valence-corrected chi connectivity index (χ3v) is 5.09. The third kappa shape index (κ3) is 4.02. The van der Waals surface area contributed by atoms with Crippen LogP contribution in [-0.4, -0.2) is 35.8 Å². The first-order chi connectivity index (χ1) is 10.6. The van der Waals surface area contributed by atoms with Crippen molar-refractivity contribution < 1.29 is 18.4 Å². The molecule has 0 fully saturated rings. The molecule has 0 aliphatic rings. The molecule has 0 heterocycles. The van der Waals surface area contributed by atoms with Crippen molar-refractivity contribution in [2.75, 3.05) is 7.05 Å². The topological polar surface area (TPSA) is 129 Å². The van der Waals surface area contributed by atoms with Crippen molar-refractivity contribution in [3.05, 3.63) is 51.3 Å². The summed E-state index contributed by atoms with van der Waals surface area (Å²) in [6, 6.07) is 3.47. The van der Waals surface area contributed by atoms with Crippen molar-refractivity contribution in [2.45, 2.75) is 24.8 Å². The zero-order valence-corrected chi connectivity index (χ0v) is 13.6. The van der Waals surface area contributed by atoms with Gasteiger partial charge in [-0.2, -0.15) is 4.31 Å². The largest absolute Gasteiger partial charge is 0.504 e. The zero-order valence-electron chi connectivity index (χ0n) is 12.8. The number of aliphatic hydroxyl groups excluding tert-OH is 1. The maximum atomic E-state index is 12.6. The van der Waals surface area contributed by atoms with Crippen molar-refractivity contribution in [1.29, 1.82) is 5.39 Å². The van der Waals surface area contributed by atoms with Crippen LogP contribution in [-0.2, 0) is 10.0 Å². The smallest absolute Gasteiger partial charge is 0.389 e. The fourth-order valence-electron chi connectivity index (χ4n) is 2.14. The highest BCUT2D eigenvalue weighted by Crippen LogP contribution is 2.25. The molecule has 0 saturated carbocycles. The first-order valence-corrected chi connectivity index (χ1v) is 8.02. The lowest BCUT2D eigenvalue weighted by Gasteiger charge is -2.28. The van der Waals surface area contributed by atoms with Crippen LogP contribution in [0.3, 0.4) is 0 Å². The predicted molar refractivity (Wildman–Crippen MR) is 82.5 cm³/mol. The number of likely N-dealkylation sites (N-methyl/N-ethyl adjacent to an activating group) is 1. The molecule has 1 aromatic rings. The van der Waals surface area contributed by atoms with Gasteiger partial charge >= 0.3 is 6.20 Å². The second kappa shape index (κ2) is 7.17. The lowest BCUT2D eigenvalue weighted by Crippen LogP contribution is -2.41. The molecule has 0 amide bonds. The Hall–Kier alpha value is -2.51. The first-order valence-electron chi connectivity index (χ1n) is 6.58. The molecule has 9 nitrogen and oxygen atoms in total. The molecule has 1 rings (SSSR count). The number of sulfonamides is 1. The molecule has 0 bridgehead atoms. The van der Waals surface area contributed by atoms with Crippen molar-refractivity contribution in [3.63, 3.8) is 0 Å². The number of nitrogens with zero attached hydrogens (tertiary/aromatic N) is 4. The molecular formula is C13H17N4O5S+. The van der Waals surface area contributed by atoms with Gasteiger partial charge in [0.05, 0.1) is 15.9 Å². The molecular weight excluding hydrogens is 324 g/mol. The third-order valence-electron chi connectivity index (χ3n) is 3.24. The molecule has 1 aromatic carbocycles. The van der Waals surface area contributed by atoms with Crippen molar-refractivity contribution in [3.8, 4) is 0 Å². The summed E-state index contributed by atoms with van der Waals surface area (Å²) in [6.45, 7) is 3.38. The Bertz CT molecular complexity index is 750. The average molecular weight is 341 g/mol. The number of aliphatic hydroxyl groups is 1. The molecule has 10 heteroatoms. The van der Waals surface area contributed by atoms with Crippen LogP contribution in [0.1, 0.15) is 13.8 Å². The summed E-state index contributed by atoms with van der Waals surface area (Å²) >= 11 is 0. The zero-order chi connectivity index (χ0) is 17.8. The van der Waals surface area contributed by atoms with Crippen LogP contribution in [0.25, 0.3) is 4.98 Å². The van der Waals surface area contributed by atoms with Gasteiger partial charge in [0.15, 0.2) is 10.7 Å². The highest BCUT2D eigenvalue weighted by molar-refractivity contribution is 7.89. The van der Waals surface area contributed by atoms with Crippen LogP contribution in [0.15, 0.2) is 41.1 Å². The van der Waals surface area contributed by atoms with Gasteiger partial charge < -0.3 is 5.11 Å². The minimum Gasteiger partial charge on any atom is -0.504 e. The van der Waals surface area contributed by atoms with Gasteiger partial charge in [-0.05, 0) is 18.1 Å². The minimum atomic E-state index is -4.00. The van der Waals surface area contributed by atoms with Crippen LogP contribution in [0.4, 0.5) is 5.69 Å². The number of hydrogen-bond donors (Lipinski definition) is 1. The van der Waals surface area contributed by atoms with Crippen molar-refractivity contribution in [2.24, 2.45) is 5.92 Å². The lowest BCUT2D eigenvalue weighted by atomic mass is 10.0. The molecule has 1 atom stereocenters. The lowest BCUT2D eigenvalue weighted by molar-refractivity contribution is -0.384. The van der Waals surface area contributed by atoms with Crippen LogP contribution >= 0.6 is 0 Å². The number of nitro benzene ring substituents is 1. The van der Waals surface area contributed by atoms with E-state index >= 15 is 0 Å². The van der Waals surface area contributed by atoms with Crippen LogP contribution in [0.5, 0.6) is 0 Å². The van der Waals surface area contributed by atoms with Crippen molar-refractivity contribution in [1.82, 2.24) is 4.31 Å². The molecule has 1 N–H and O–H groups in total. The quantitative estimate of drug-likeness (QED) is 0.366. The van der Waals surface area contributed by atoms with Gasteiger partial charge in [0, 0.05) is 19.2 Å². The Labute approximate surface area is 133 Å². The molecule has 124 valence electrons. The van der Waals surface area contributed by atoms with E-state index in [9.17, 15) is 23.6 Å². The fourth-order valence-corrected chi connectivity index (χ4v) is 3.60. The second-order valence-electron chi connectivity index (χ2n) is 5.13. The van der Waals surface area contributed by atoms with Gasteiger partial charge in [-0.25, -0.2) is 8.42 Å². The van der Waals surface area contributed by atoms with Crippen LogP contribution in [0.2, 0.25) is 0 Å². The standard InChI is InChI=1S/C13H16N4O5S/c1-9(2)13(12(18)8-15-14)16(3)23(21,22)11-6-4-10(5-7-11)17(19)20/h4-9,13H,1-3H3/p+1/b12-8-/t13-/m0/s1. The number of hydrogen-bond acceptors (Lipinski definition) is 6. The Balaban J connectivity index is 3.27. The predicted octanol–water partition coefficient (Wildman–Crippen LogP) is 2.49. The van der Waals surface area contributed by atoms with Gasteiger partial charge in [0.2, 0.25) is 15.4 Å². The molecule has 23 heavy (non-hydrogen) atoms. The summed E-state index contributed by atoms with van der Waals surface area (Å²) in [7, 11) is -2.74. The monoisotopic (exact) mass is 341 g/mol. The van der Waals surface area contributed by atoms with E-state index in [1.165, 1.54) is 7.05 Å². The maximum Gasteiger partial charge on any atom is 0.389 e. The molecule has 0 aliphatic carbocycles.